The summed E-state index contributed by atoms with van der Waals surface area (Å²) in [6.45, 7) is 6.61. The van der Waals surface area contributed by atoms with Gasteiger partial charge in [0.2, 0.25) is 5.91 Å². The van der Waals surface area contributed by atoms with E-state index in [1.807, 2.05) is 6.92 Å². The highest BCUT2D eigenvalue weighted by atomic mass is 16.5. The van der Waals surface area contributed by atoms with Crippen molar-refractivity contribution < 1.29 is 9.53 Å². The van der Waals surface area contributed by atoms with Crippen LogP contribution >= 0.6 is 0 Å². The fourth-order valence-corrected chi connectivity index (χ4v) is 1.63. The van der Waals surface area contributed by atoms with Crippen LogP contribution in [-0.2, 0) is 9.53 Å². The van der Waals surface area contributed by atoms with Gasteiger partial charge in [0.1, 0.15) is 6.61 Å². The third-order valence-corrected chi connectivity index (χ3v) is 2.50. The van der Waals surface area contributed by atoms with Crippen LogP contribution < -0.4 is 5.32 Å². The lowest BCUT2D eigenvalue weighted by Crippen LogP contribution is -2.38. The second-order valence-electron chi connectivity index (χ2n) is 3.73. The Bertz CT molecular complexity index is 203. The Kier molecular flexibility index (Phi) is 4.66. The lowest BCUT2D eigenvalue weighted by molar-refractivity contribution is -0.126. The number of hydrogen-bond acceptors (Lipinski definition) is 2. The average Bonchev–Trinajstić information content (AvgIpc) is 2.18. The lowest BCUT2D eigenvalue weighted by Gasteiger charge is -2.24. The fraction of sp³-hybridized carbons (Fsp3) is 0.727. The van der Waals surface area contributed by atoms with E-state index in [4.69, 9.17) is 4.74 Å². The first-order valence-corrected chi connectivity index (χ1v) is 5.26. The maximum absolute atomic E-state index is 11.3. The zero-order chi connectivity index (χ0) is 10.4. The molecule has 1 aliphatic rings. The largest absolute Gasteiger partial charge is 0.372 e. The van der Waals surface area contributed by atoms with Crippen molar-refractivity contribution in [3.8, 4) is 0 Å². The van der Waals surface area contributed by atoms with Gasteiger partial charge in [-0.25, -0.2) is 0 Å². The van der Waals surface area contributed by atoms with Crippen molar-refractivity contribution in [3.05, 3.63) is 12.2 Å². The Morgan fingerprint density at radius 1 is 1.57 bits per heavy atom. The molecule has 1 N–H and O–H groups in total. The van der Waals surface area contributed by atoms with Crippen LogP contribution in [0.3, 0.4) is 0 Å². The summed E-state index contributed by atoms with van der Waals surface area (Å²) in [5.74, 6) is 0.00404. The van der Waals surface area contributed by atoms with Crippen LogP contribution in [0.4, 0.5) is 0 Å². The normalized spacial score (nSPS) is 18.2. The third-order valence-electron chi connectivity index (χ3n) is 2.50. The molecule has 0 atom stereocenters. The highest BCUT2D eigenvalue weighted by molar-refractivity contribution is 5.77. The van der Waals surface area contributed by atoms with Gasteiger partial charge in [-0.05, 0) is 32.6 Å². The predicted octanol–water partition coefficient (Wildman–Crippen LogP) is 1.64. The van der Waals surface area contributed by atoms with Crippen molar-refractivity contribution in [1.82, 2.24) is 5.32 Å². The van der Waals surface area contributed by atoms with Crippen molar-refractivity contribution in [1.29, 1.82) is 0 Å². The molecule has 14 heavy (non-hydrogen) atoms. The molecule has 0 aliphatic heterocycles. The SMILES string of the molecule is C=C1CCC(NC(=O)COCC)CC1. The Balaban J connectivity index is 2.17. The van der Waals surface area contributed by atoms with E-state index in [0.717, 1.165) is 25.7 Å². The molecule has 1 saturated carbocycles. The van der Waals surface area contributed by atoms with Gasteiger partial charge in [-0.1, -0.05) is 12.2 Å². The molecule has 0 heterocycles. The van der Waals surface area contributed by atoms with Crippen LogP contribution in [0.15, 0.2) is 12.2 Å². The summed E-state index contributed by atoms with van der Waals surface area (Å²) in [5, 5.41) is 2.97. The molecule has 1 rings (SSSR count). The number of amides is 1. The number of hydrogen-bond donors (Lipinski definition) is 1. The van der Waals surface area contributed by atoms with Crippen LogP contribution in [0.5, 0.6) is 0 Å². The summed E-state index contributed by atoms with van der Waals surface area (Å²) in [5.41, 5.74) is 1.31. The topological polar surface area (TPSA) is 38.3 Å². The van der Waals surface area contributed by atoms with E-state index in [9.17, 15) is 4.79 Å². The van der Waals surface area contributed by atoms with E-state index < -0.39 is 0 Å². The van der Waals surface area contributed by atoms with E-state index in [2.05, 4.69) is 11.9 Å². The number of carbonyl (C=O) groups excluding carboxylic acids is 1. The minimum Gasteiger partial charge on any atom is -0.372 e. The molecule has 80 valence electrons. The van der Waals surface area contributed by atoms with Gasteiger partial charge in [-0.3, -0.25) is 4.79 Å². The number of nitrogens with one attached hydrogen (secondary N) is 1. The quantitative estimate of drug-likeness (QED) is 0.696. The van der Waals surface area contributed by atoms with Gasteiger partial charge in [0, 0.05) is 12.6 Å². The number of allylic oxidation sites excluding steroid dienone is 1. The van der Waals surface area contributed by atoms with E-state index >= 15 is 0 Å². The molecular formula is C11H19NO2. The van der Waals surface area contributed by atoms with Gasteiger partial charge in [0.25, 0.3) is 0 Å². The molecule has 0 unspecified atom stereocenters. The third kappa shape index (κ3) is 3.92. The monoisotopic (exact) mass is 197 g/mol. The van der Waals surface area contributed by atoms with E-state index in [1.165, 1.54) is 5.57 Å². The van der Waals surface area contributed by atoms with Gasteiger partial charge in [-0.15, -0.1) is 0 Å². The Hall–Kier alpha value is -0.830. The van der Waals surface area contributed by atoms with E-state index in [-0.39, 0.29) is 12.5 Å². The van der Waals surface area contributed by atoms with Crippen LogP contribution in [0, 0.1) is 0 Å². The van der Waals surface area contributed by atoms with Gasteiger partial charge >= 0.3 is 0 Å². The molecule has 0 aromatic carbocycles. The van der Waals surface area contributed by atoms with Gasteiger partial charge in [-0.2, -0.15) is 0 Å². The Morgan fingerprint density at radius 2 is 2.21 bits per heavy atom. The van der Waals surface area contributed by atoms with Gasteiger partial charge in [0.05, 0.1) is 0 Å². The van der Waals surface area contributed by atoms with Crippen LogP contribution in [0.25, 0.3) is 0 Å². The highest BCUT2D eigenvalue weighted by Gasteiger charge is 2.16. The predicted molar refractivity (Wildman–Crippen MR) is 56.0 cm³/mol. The maximum atomic E-state index is 11.3. The standard InChI is InChI=1S/C11H19NO2/c1-3-14-8-11(13)12-10-6-4-9(2)5-7-10/h10H,2-8H2,1H3,(H,12,13). The van der Waals surface area contributed by atoms with Crippen molar-refractivity contribution in [2.75, 3.05) is 13.2 Å². The minimum absolute atomic E-state index is 0.00404. The smallest absolute Gasteiger partial charge is 0.246 e. The Labute approximate surface area is 85.5 Å². The lowest BCUT2D eigenvalue weighted by atomic mass is 9.92. The van der Waals surface area contributed by atoms with E-state index in [1.54, 1.807) is 0 Å². The number of carbonyl (C=O) groups is 1. The summed E-state index contributed by atoms with van der Waals surface area (Å²) in [4.78, 5) is 11.3. The summed E-state index contributed by atoms with van der Waals surface area (Å²) in [6.07, 6.45) is 4.13. The zero-order valence-electron chi connectivity index (χ0n) is 8.84. The molecule has 1 amide bonds. The first-order valence-electron chi connectivity index (χ1n) is 5.26. The summed E-state index contributed by atoms with van der Waals surface area (Å²) in [6, 6.07) is 0.327. The number of ether oxygens (including phenoxy) is 1. The first kappa shape index (κ1) is 11.2. The van der Waals surface area contributed by atoms with Gasteiger partial charge in [0.15, 0.2) is 0 Å². The van der Waals surface area contributed by atoms with Crippen LogP contribution in [0.1, 0.15) is 32.6 Å². The number of rotatable bonds is 4. The molecule has 0 aromatic heterocycles. The molecule has 1 aliphatic carbocycles. The minimum atomic E-state index is 0.00404. The molecule has 0 aromatic rings. The molecule has 0 radical (unpaired) electrons. The molecular weight excluding hydrogens is 178 g/mol. The second-order valence-corrected chi connectivity index (χ2v) is 3.73. The maximum Gasteiger partial charge on any atom is 0.246 e. The fourth-order valence-electron chi connectivity index (χ4n) is 1.63. The Morgan fingerprint density at radius 3 is 2.79 bits per heavy atom. The highest BCUT2D eigenvalue weighted by Crippen LogP contribution is 2.21. The molecule has 1 fully saturated rings. The van der Waals surface area contributed by atoms with Crippen molar-refractivity contribution in [2.45, 2.75) is 38.6 Å². The van der Waals surface area contributed by atoms with Gasteiger partial charge < -0.3 is 10.1 Å². The van der Waals surface area contributed by atoms with Crippen molar-refractivity contribution in [3.63, 3.8) is 0 Å². The average molecular weight is 197 g/mol. The van der Waals surface area contributed by atoms with Crippen molar-refractivity contribution in [2.24, 2.45) is 0 Å². The molecule has 0 bridgehead atoms. The summed E-state index contributed by atoms with van der Waals surface area (Å²) >= 11 is 0. The zero-order valence-corrected chi connectivity index (χ0v) is 8.84. The molecule has 0 saturated heterocycles. The first-order chi connectivity index (χ1) is 6.72. The summed E-state index contributed by atoms with van der Waals surface area (Å²) in [7, 11) is 0. The molecule has 0 spiro atoms. The molecule has 3 nitrogen and oxygen atoms in total. The van der Waals surface area contributed by atoms with E-state index in [0.29, 0.717) is 12.6 Å². The molecule has 3 heteroatoms. The second kappa shape index (κ2) is 5.81. The van der Waals surface area contributed by atoms with Crippen LogP contribution in [0.2, 0.25) is 0 Å². The summed E-state index contributed by atoms with van der Waals surface area (Å²) < 4.78 is 5.03. The van der Waals surface area contributed by atoms with Crippen LogP contribution in [-0.4, -0.2) is 25.2 Å². The van der Waals surface area contributed by atoms with Crippen molar-refractivity contribution >= 4 is 5.91 Å².